The van der Waals surface area contributed by atoms with Crippen molar-refractivity contribution in [2.24, 2.45) is 11.7 Å². The van der Waals surface area contributed by atoms with E-state index in [-0.39, 0.29) is 18.1 Å². The Morgan fingerprint density at radius 2 is 1.88 bits per heavy atom. The van der Waals surface area contributed by atoms with Gasteiger partial charge in [-0.25, -0.2) is 0 Å². The number of carbonyl (C=O) groups is 1. The first kappa shape index (κ1) is 12.5. The van der Waals surface area contributed by atoms with Gasteiger partial charge in [-0.3, -0.25) is 4.79 Å². The van der Waals surface area contributed by atoms with Crippen molar-refractivity contribution < 1.29 is 15.0 Å². The van der Waals surface area contributed by atoms with E-state index >= 15 is 0 Å². The molecule has 1 rings (SSSR count). The summed E-state index contributed by atoms with van der Waals surface area (Å²) >= 11 is 0. The molecule has 4 heteroatoms. The lowest BCUT2D eigenvalue weighted by molar-refractivity contribution is -0.145. The molecule has 0 aromatic heterocycles. The Morgan fingerprint density at radius 1 is 1.38 bits per heavy atom. The number of carboxylic acid groups (broad SMARTS) is 1. The number of hydrogen-bond acceptors (Lipinski definition) is 3. The molecule has 1 atom stereocenters. The third-order valence-corrected chi connectivity index (χ3v) is 2.86. The van der Waals surface area contributed by atoms with Crippen molar-refractivity contribution in [3.8, 4) is 5.75 Å². The van der Waals surface area contributed by atoms with Gasteiger partial charge in [-0.2, -0.15) is 0 Å². The van der Waals surface area contributed by atoms with Crippen LogP contribution >= 0.6 is 0 Å². The van der Waals surface area contributed by atoms with E-state index in [1.165, 1.54) is 12.1 Å². The van der Waals surface area contributed by atoms with Crippen LogP contribution in [0.15, 0.2) is 24.3 Å². The van der Waals surface area contributed by atoms with Crippen molar-refractivity contribution in [1.82, 2.24) is 0 Å². The molecule has 1 aromatic carbocycles. The molecular weight excluding hydrogens is 206 g/mol. The molecule has 0 aliphatic heterocycles. The summed E-state index contributed by atoms with van der Waals surface area (Å²) in [5.74, 6) is -1.01. The molecule has 0 unspecified atom stereocenters. The highest BCUT2D eigenvalue weighted by Crippen LogP contribution is 2.21. The van der Waals surface area contributed by atoms with Crippen LogP contribution in [0.4, 0.5) is 0 Å². The first-order chi connectivity index (χ1) is 7.36. The SMILES string of the molecule is CC(C)[C@@](N)(Cc1ccc(O)cc1)C(=O)O. The number of aromatic hydroxyl groups is 1. The van der Waals surface area contributed by atoms with Crippen molar-refractivity contribution in [3.63, 3.8) is 0 Å². The minimum absolute atomic E-state index is 0.159. The molecule has 4 N–H and O–H groups in total. The van der Waals surface area contributed by atoms with E-state index in [1.54, 1.807) is 26.0 Å². The molecule has 0 fully saturated rings. The maximum atomic E-state index is 11.2. The molecule has 1 aromatic rings. The summed E-state index contributed by atoms with van der Waals surface area (Å²) < 4.78 is 0. The molecule has 88 valence electrons. The van der Waals surface area contributed by atoms with E-state index in [0.717, 1.165) is 5.56 Å². The summed E-state index contributed by atoms with van der Waals surface area (Å²) in [6, 6.07) is 6.42. The lowest BCUT2D eigenvalue weighted by atomic mass is 9.82. The zero-order chi connectivity index (χ0) is 12.3. The average molecular weight is 223 g/mol. The van der Waals surface area contributed by atoms with E-state index in [4.69, 9.17) is 15.9 Å². The van der Waals surface area contributed by atoms with Crippen LogP contribution in [-0.4, -0.2) is 21.7 Å². The number of carboxylic acids is 1. The highest BCUT2D eigenvalue weighted by Gasteiger charge is 2.37. The minimum atomic E-state index is -1.27. The third-order valence-electron chi connectivity index (χ3n) is 2.86. The Balaban J connectivity index is 2.93. The third kappa shape index (κ3) is 2.52. The molecule has 0 bridgehead atoms. The van der Waals surface area contributed by atoms with Crippen LogP contribution in [0.25, 0.3) is 0 Å². The number of phenols is 1. The van der Waals surface area contributed by atoms with Gasteiger partial charge in [0.1, 0.15) is 11.3 Å². The summed E-state index contributed by atoms with van der Waals surface area (Å²) in [6.45, 7) is 3.57. The lowest BCUT2D eigenvalue weighted by Gasteiger charge is -2.28. The van der Waals surface area contributed by atoms with Gasteiger partial charge in [-0.1, -0.05) is 26.0 Å². The largest absolute Gasteiger partial charge is 0.508 e. The Labute approximate surface area is 94.7 Å². The van der Waals surface area contributed by atoms with Crippen LogP contribution in [0, 0.1) is 5.92 Å². The molecule has 0 saturated carbocycles. The number of aliphatic carboxylic acids is 1. The van der Waals surface area contributed by atoms with E-state index in [2.05, 4.69) is 0 Å². The summed E-state index contributed by atoms with van der Waals surface area (Å²) in [5, 5.41) is 18.3. The fourth-order valence-corrected chi connectivity index (χ4v) is 1.48. The van der Waals surface area contributed by atoms with Gasteiger partial charge in [-0.15, -0.1) is 0 Å². The van der Waals surface area contributed by atoms with Gasteiger partial charge in [0, 0.05) is 6.42 Å². The zero-order valence-corrected chi connectivity index (χ0v) is 9.47. The van der Waals surface area contributed by atoms with Gasteiger partial charge in [0.2, 0.25) is 0 Å². The average Bonchev–Trinajstić information content (AvgIpc) is 2.20. The van der Waals surface area contributed by atoms with E-state index in [9.17, 15) is 4.79 Å². The van der Waals surface area contributed by atoms with Crippen LogP contribution in [0.1, 0.15) is 19.4 Å². The van der Waals surface area contributed by atoms with E-state index in [0.29, 0.717) is 0 Å². The second kappa shape index (κ2) is 4.53. The second-order valence-corrected chi connectivity index (χ2v) is 4.34. The minimum Gasteiger partial charge on any atom is -0.508 e. The van der Waals surface area contributed by atoms with Gasteiger partial charge in [0.25, 0.3) is 0 Å². The van der Waals surface area contributed by atoms with Gasteiger partial charge >= 0.3 is 5.97 Å². The fourth-order valence-electron chi connectivity index (χ4n) is 1.48. The molecule has 0 amide bonds. The van der Waals surface area contributed by atoms with Crippen molar-refractivity contribution in [2.75, 3.05) is 0 Å². The number of nitrogens with two attached hydrogens (primary N) is 1. The fraction of sp³-hybridized carbons (Fsp3) is 0.417. The van der Waals surface area contributed by atoms with Crippen molar-refractivity contribution in [2.45, 2.75) is 25.8 Å². The van der Waals surface area contributed by atoms with Crippen LogP contribution in [0.5, 0.6) is 5.75 Å². The molecule has 0 saturated heterocycles. The van der Waals surface area contributed by atoms with Crippen LogP contribution < -0.4 is 5.73 Å². The molecule has 0 spiro atoms. The Hall–Kier alpha value is -1.55. The topological polar surface area (TPSA) is 83.5 Å². The van der Waals surface area contributed by atoms with E-state index in [1.807, 2.05) is 0 Å². The van der Waals surface area contributed by atoms with Gasteiger partial charge in [0.15, 0.2) is 0 Å². The number of hydrogen-bond donors (Lipinski definition) is 3. The first-order valence-corrected chi connectivity index (χ1v) is 5.16. The molecule has 0 aliphatic rings. The smallest absolute Gasteiger partial charge is 0.324 e. The van der Waals surface area contributed by atoms with Crippen molar-refractivity contribution >= 4 is 5.97 Å². The van der Waals surface area contributed by atoms with Gasteiger partial charge < -0.3 is 15.9 Å². The van der Waals surface area contributed by atoms with Crippen LogP contribution in [-0.2, 0) is 11.2 Å². The van der Waals surface area contributed by atoms with Gasteiger partial charge in [0.05, 0.1) is 0 Å². The van der Waals surface area contributed by atoms with Crippen LogP contribution in [0.3, 0.4) is 0 Å². The van der Waals surface area contributed by atoms with Gasteiger partial charge in [-0.05, 0) is 23.6 Å². The Kier molecular flexibility index (Phi) is 3.55. The van der Waals surface area contributed by atoms with E-state index < -0.39 is 11.5 Å². The summed E-state index contributed by atoms with van der Waals surface area (Å²) in [7, 11) is 0. The first-order valence-electron chi connectivity index (χ1n) is 5.16. The highest BCUT2D eigenvalue weighted by atomic mass is 16.4. The lowest BCUT2D eigenvalue weighted by Crippen LogP contribution is -2.54. The molecular formula is C12H17NO3. The summed E-state index contributed by atoms with van der Waals surface area (Å²) in [5.41, 5.74) is 5.43. The quantitative estimate of drug-likeness (QED) is 0.720. The predicted molar refractivity (Wildman–Crippen MR) is 61.2 cm³/mol. The predicted octanol–water partition coefficient (Wildman–Crippen LogP) is 1.37. The Bertz CT molecular complexity index is 372. The summed E-state index contributed by atoms with van der Waals surface area (Å²) in [6.07, 6.45) is 0.250. The zero-order valence-electron chi connectivity index (χ0n) is 9.47. The standard InChI is InChI=1S/C12H17NO3/c1-8(2)12(13,11(15)16)7-9-3-5-10(14)6-4-9/h3-6,8,14H,7,13H2,1-2H3,(H,15,16)/t12-/m0/s1. The molecule has 4 nitrogen and oxygen atoms in total. The van der Waals surface area contributed by atoms with Crippen molar-refractivity contribution in [1.29, 1.82) is 0 Å². The summed E-state index contributed by atoms with van der Waals surface area (Å²) in [4.78, 5) is 11.2. The molecule has 0 radical (unpaired) electrons. The Morgan fingerprint density at radius 3 is 2.25 bits per heavy atom. The second-order valence-electron chi connectivity index (χ2n) is 4.34. The normalized spacial score (nSPS) is 14.8. The maximum Gasteiger partial charge on any atom is 0.324 e. The van der Waals surface area contributed by atoms with Crippen molar-refractivity contribution in [3.05, 3.63) is 29.8 Å². The van der Waals surface area contributed by atoms with Crippen LogP contribution in [0.2, 0.25) is 0 Å². The monoisotopic (exact) mass is 223 g/mol. The molecule has 16 heavy (non-hydrogen) atoms. The number of rotatable bonds is 4. The maximum absolute atomic E-state index is 11.2. The molecule has 0 aliphatic carbocycles. The highest BCUT2D eigenvalue weighted by molar-refractivity contribution is 5.79. The number of phenolic OH excluding ortho intramolecular Hbond substituents is 1. The molecule has 0 heterocycles. The number of benzene rings is 1.